The highest BCUT2D eigenvalue weighted by Crippen LogP contribution is 2.33. The number of amides is 1. The second kappa shape index (κ2) is 5.99. The largest absolute Gasteiger partial charge is 0.418 e. The van der Waals surface area contributed by atoms with E-state index in [1.165, 1.54) is 24.4 Å². The van der Waals surface area contributed by atoms with Crippen LogP contribution in [0.3, 0.4) is 0 Å². The fraction of sp³-hybridized carbons (Fsp3) is 0.357. The number of rotatable bonds is 3. The fourth-order valence-corrected chi connectivity index (χ4v) is 2.44. The van der Waals surface area contributed by atoms with Crippen molar-refractivity contribution in [2.75, 3.05) is 13.1 Å². The van der Waals surface area contributed by atoms with Crippen molar-refractivity contribution in [1.82, 2.24) is 25.6 Å². The van der Waals surface area contributed by atoms with E-state index in [1.54, 1.807) is 0 Å². The van der Waals surface area contributed by atoms with Crippen molar-refractivity contribution in [2.24, 2.45) is 0 Å². The van der Waals surface area contributed by atoms with Gasteiger partial charge in [0, 0.05) is 12.6 Å². The Morgan fingerprint density at radius 3 is 2.83 bits per heavy atom. The first-order valence-corrected chi connectivity index (χ1v) is 7.05. The Labute approximate surface area is 129 Å². The number of para-hydroxylation sites is 1. The van der Waals surface area contributed by atoms with Gasteiger partial charge in [0.05, 0.1) is 17.4 Å². The van der Waals surface area contributed by atoms with E-state index in [1.807, 2.05) is 0 Å². The molecule has 1 unspecified atom stereocenters. The topological polar surface area (TPSA) is 71.8 Å². The maximum Gasteiger partial charge on any atom is 0.418 e. The number of hydrogen-bond donors (Lipinski definition) is 2. The van der Waals surface area contributed by atoms with Gasteiger partial charge in [0.2, 0.25) is 0 Å². The maximum absolute atomic E-state index is 13.0. The van der Waals surface area contributed by atoms with Crippen molar-refractivity contribution in [1.29, 1.82) is 0 Å². The molecule has 1 aromatic carbocycles. The molecule has 1 aliphatic rings. The van der Waals surface area contributed by atoms with Crippen LogP contribution in [0, 0.1) is 0 Å². The smallest absolute Gasteiger partial charge is 0.347 e. The first-order chi connectivity index (χ1) is 10.9. The van der Waals surface area contributed by atoms with Crippen molar-refractivity contribution < 1.29 is 18.0 Å². The Kier molecular flexibility index (Phi) is 4.03. The van der Waals surface area contributed by atoms with Crippen LogP contribution in [0.15, 0.2) is 30.5 Å². The molecule has 0 aliphatic carbocycles. The summed E-state index contributed by atoms with van der Waals surface area (Å²) in [5, 5.41) is 13.2. The molecule has 1 aliphatic heterocycles. The average Bonchev–Trinajstić information content (AvgIpc) is 3.17. The molecule has 122 valence electrons. The predicted octanol–water partition coefficient (Wildman–Crippen LogP) is 1.38. The van der Waals surface area contributed by atoms with E-state index in [4.69, 9.17) is 0 Å². The van der Waals surface area contributed by atoms with E-state index in [0.717, 1.165) is 23.7 Å². The highest BCUT2D eigenvalue weighted by atomic mass is 19.4. The number of hydrogen-bond acceptors (Lipinski definition) is 4. The Balaban J connectivity index is 1.83. The third-order valence-electron chi connectivity index (χ3n) is 3.58. The molecule has 6 nitrogen and oxygen atoms in total. The van der Waals surface area contributed by atoms with Crippen LogP contribution < -0.4 is 10.6 Å². The molecule has 2 aromatic rings. The number of alkyl halides is 3. The lowest BCUT2D eigenvalue weighted by molar-refractivity contribution is -0.137. The number of benzene rings is 1. The lowest BCUT2D eigenvalue weighted by Gasteiger charge is -2.11. The van der Waals surface area contributed by atoms with Gasteiger partial charge in [-0.2, -0.15) is 13.2 Å². The SMILES string of the molecule is O=C(NC1CCNC1)c1cn(-c2ccccc2C(F)(F)F)nn1. The molecule has 0 radical (unpaired) electrons. The quantitative estimate of drug-likeness (QED) is 0.894. The van der Waals surface area contributed by atoms with Crippen molar-refractivity contribution in [3.63, 3.8) is 0 Å². The predicted molar refractivity (Wildman–Crippen MR) is 75.1 cm³/mol. The number of aromatic nitrogens is 3. The Hall–Kier alpha value is -2.42. The fourth-order valence-electron chi connectivity index (χ4n) is 2.44. The summed E-state index contributed by atoms with van der Waals surface area (Å²) in [7, 11) is 0. The van der Waals surface area contributed by atoms with Crippen LogP contribution in [-0.4, -0.2) is 40.0 Å². The van der Waals surface area contributed by atoms with Gasteiger partial charge in [-0.25, -0.2) is 4.68 Å². The van der Waals surface area contributed by atoms with Gasteiger partial charge in [-0.3, -0.25) is 4.79 Å². The van der Waals surface area contributed by atoms with E-state index < -0.39 is 17.6 Å². The van der Waals surface area contributed by atoms with Gasteiger partial charge in [0.1, 0.15) is 0 Å². The van der Waals surface area contributed by atoms with Crippen LogP contribution in [-0.2, 0) is 6.18 Å². The van der Waals surface area contributed by atoms with Crippen LogP contribution in [0.2, 0.25) is 0 Å². The van der Waals surface area contributed by atoms with Gasteiger partial charge in [-0.15, -0.1) is 5.10 Å². The van der Waals surface area contributed by atoms with Crippen LogP contribution in [0.25, 0.3) is 5.69 Å². The molecule has 2 N–H and O–H groups in total. The number of halogens is 3. The highest BCUT2D eigenvalue weighted by molar-refractivity contribution is 5.92. The summed E-state index contributed by atoms with van der Waals surface area (Å²) < 4.78 is 40.0. The summed E-state index contributed by atoms with van der Waals surface area (Å²) in [4.78, 5) is 12.1. The normalized spacial score (nSPS) is 18.1. The number of carbonyl (C=O) groups is 1. The van der Waals surface area contributed by atoms with E-state index in [0.29, 0.717) is 6.54 Å². The van der Waals surface area contributed by atoms with Gasteiger partial charge < -0.3 is 10.6 Å². The summed E-state index contributed by atoms with van der Waals surface area (Å²) in [6.45, 7) is 1.48. The highest BCUT2D eigenvalue weighted by Gasteiger charge is 2.34. The Morgan fingerprint density at radius 1 is 1.35 bits per heavy atom. The summed E-state index contributed by atoms with van der Waals surface area (Å²) in [6.07, 6.45) is -2.51. The van der Waals surface area contributed by atoms with Crippen LogP contribution in [0.5, 0.6) is 0 Å². The molecule has 1 atom stereocenters. The second-order valence-electron chi connectivity index (χ2n) is 5.23. The van der Waals surface area contributed by atoms with Crippen LogP contribution >= 0.6 is 0 Å². The zero-order valence-electron chi connectivity index (χ0n) is 12.0. The monoisotopic (exact) mass is 325 g/mol. The zero-order valence-corrected chi connectivity index (χ0v) is 12.0. The van der Waals surface area contributed by atoms with E-state index in [2.05, 4.69) is 20.9 Å². The van der Waals surface area contributed by atoms with Crippen molar-refractivity contribution >= 4 is 5.91 Å². The van der Waals surface area contributed by atoms with Gasteiger partial charge in [-0.05, 0) is 25.1 Å². The third-order valence-corrected chi connectivity index (χ3v) is 3.58. The summed E-state index contributed by atoms with van der Waals surface area (Å²) in [5.74, 6) is -0.450. The van der Waals surface area contributed by atoms with Crippen molar-refractivity contribution in [3.8, 4) is 5.69 Å². The molecule has 1 fully saturated rings. The molecular weight excluding hydrogens is 311 g/mol. The summed E-state index contributed by atoms with van der Waals surface area (Å²) in [5.41, 5.74) is -1.03. The van der Waals surface area contributed by atoms with E-state index in [9.17, 15) is 18.0 Å². The summed E-state index contributed by atoms with van der Waals surface area (Å²) in [6, 6.07) is 5.00. The van der Waals surface area contributed by atoms with E-state index in [-0.39, 0.29) is 17.4 Å². The van der Waals surface area contributed by atoms with Gasteiger partial charge in [0.15, 0.2) is 5.69 Å². The average molecular weight is 325 g/mol. The van der Waals surface area contributed by atoms with Gasteiger partial charge >= 0.3 is 6.18 Å². The van der Waals surface area contributed by atoms with Gasteiger partial charge in [0.25, 0.3) is 5.91 Å². The van der Waals surface area contributed by atoms with Gasteiger partial charge in [-0.1, -0.05) is 17.3 Å². The molecule has 9 heteroatoms. The maximum atomic E-state index is 13.0. The molecule has 2 heterocycles. The molecular formula is C14H14F3N5O. The first kappa shape index (κ1) is 15.5. The zero-order chi connectivity index (χ0) is 16.4. The minimum atomic E-state index is -4.51. The molecule has 1 saturated heterocycles. The molecule has 23 heavy (non-hydrogen) atoms. The van der Waals surface area contributed by atoms with Crippen molar-refractivity contribution in [2.45, 2.75) is 18.6 Å². The molecule has 3 rings (SSSR count). The molecule has 0 bridgehead atoms. The minimum Gasteiger partial charge on any atom is -0.347 e. The van der Waals surface area contributed by atoms with Crippen molar-refractivity contribution in [3.05, 3.63) is 41.7 Å². The number of carbonyl (C=O) groups excluding carboxylic acids is 1. The van der Waals surface area contributed by atoms with E-state index >= 15 is 0 Å². The Morgan fingerprint density at radius 2 is 2.13 bits per heavy atom. The number of nitrogens with one attached hydrogen (secondary N) is 2. The lowest BCUT2D eigenvalue weighted by Crippen LogP contribution is -2.36. The second-order valence-corrected chi connectivity index (χ2v) is 5.23. The first-order valence-electron chi connectivity index (χ1n) is 7.05. The van der Waals surface area contributed by atoms with Crippen LogP contribution in [0.4, 0.5) is 13.2 Å². The van der Waals surface area contributed by atoms with Crippen LogP contribution in [0.1, 0.15) is 22.5 Å². The number of nitrogens with zero attached hydrogens (tertiary/aromatic N) is 3. The summed E-state index contributed by atoms with van der Waals surface area (Å²) >= 11 is 0. The molecule has 1 aromatic heterocycles. The molecule has 1 amide bonds. The lowest BCUT2D eigenvalue weighted by atomic mass is 10.1. The minimum absolute atomic E-state index is 0.00453. The third kappa shape index (κ3) is 3.34. The molecule has 0 spiro atoms. The Bertz CT molecular complexity index is 706. The standard InChI is InChI=1S/C14H14F3N5O/c15-14(16,17)10-3-1-2-4-12(10)22-8-11(20-21-22)13(23)19-9-5-6-18-7-9/h1-4,8-9,18H,5-7H2,(H,19,23). The molecule has 0 saturated carbocycles.